The van der Waals surface area contributed by atoms with E-state index in [9.17, 15) is 4.79 Å². The van der Waals surface area contributed by atoms with Crippen LogP contribution in [0.3, 0.4) is 0 Å². The number of carbonyl (C=O) groups excluding carboxylic acids is 1. The van der Waals surface area contributed by atoms with E-state index in [1.54, 1.807) is 17.7 Å². The Bertz CT molecular complexity index is 1380. The number of amides is 1. The first-order valence-corrected chi connectivity index (χ1v) is 13.3. The molecule has 4 aromatic rings. The molecule has 0 aliphatic carbocycles. The van der Waals surface area contributed by atoms with Gasteiger partial charge in [-0.25, -0.2) is 15.0 Å². The van der Waals surface area contributed by atoms with Crippen LogP contribution < -0.4 is 10.2 Å². The molecule has 0 bridgehead atoms. The number of imidazole rings is 1. The van der Waals surface area contributed by atoms with Crippen LogP contribution >= 0.6 is 11.3 Å². The Morgan fingerprint density at radius 1 is 1.03 bits per heavy atom. The molecule has 35 heavy (non-hydrogen) atoms. The van der Waals surface area contributed by atoms with E-state index in [1.807, 2.05) is 18.3 Å². The summed E-state index contributed by atoms with van der Waals surface area (Å²) in [5.74, 6) is 2.14. The molecule has 5 heterocycles. The molecule has 0 saturated carbocycles. The van der Waals surface area contributed by atoms with Gasteiger partial charge < -0.3 is 14.8 Å². The number of rotatable bonds is 4. The summed E-state index contributed by atoms with van der Waals surface area (Å²) < 4.78 is 2.33. The quantitative estimate of drug-likeness (QED) is 0.420. The van der Waals surface area contributed by atoms with E-state index in [2.05, 4.69) is 55.7 Å². The maximum atomic E-state index is 13.0. The van der Waals surface area contributed by atoms with Crippen LogP contribution in [0.25, 0.3) is 21.6 Å². The summed E-state index contributed by atoms with van der Waals surface area (Å²) in [6.45, 7) is 6.96. The average molecular weight is 487 g/mol. The van der Waals surface area contributed by atoms with Crippen molar-refractivity contribution < 1.29 is 4.79 Å². The molecule has 8 heteroatoms. The second-order valence-corrected chi connectivity index (χ2v) is 10.9. The molecule has 2 aliphatic rings. The van der Waals surface area contributed by atoms with E-state index in [1.165, 1.54) is 29.0 Å². The molecule has 0 unspecified atom stereocenters. The fourth-order valence-electron chi connectivity index (χ4n) is 5.37. The number of nitrogens with one attached hydrogen (secondary N) is 1. The van der Waals surface area contributed by atoms with Gasteiger partial charge in [-0.3, -0.25) is 4.79 Å². The van der Waals surface area contributed by atoms with Crippen molar-refractivity contribution in [3.63, 3.8) is 0 Å². The van der Waals surface area contributed by atoms with E-state index in [0.717, 1.165) is 72.0 Å². The molecule has 7 nitrogen and oxygen atoms in total. The van der Waals surface area contributed by atoms with Crippen LogP contribution in [0.2, 0.25) is 0 Å². The van der Waals surface area contributed by atoms with Crippen molar-refractivity contribution in [1.82, 2.24) is 19.5 Å². The lowest BCUT2D eigenvalue weighted by atomic mass is 9.95. The van der Waals surface area contributed by atoms with Crippen molar-refractivity contribution >= 4 is 39.0 Å². The largest absolute Gasteiger partial charge is 0.356 e. The van der Waals surface area contributed by atoms with Gasteiger partial charge in [-0.15, -0.1) is 11.3 Å². The summed E-state index contributed by atoms with van der Waals surface area (Å²) in [6, 6.07) is 8.11. The van der Waals surface area contributed by atoms with Gasteiger partial charge in [0.15, 0.2) is 0 Å². The van der Waals surface area contributed by atoms with Crippen molar-refractivity contribution in [2.24, 2.45) is 5.92 Å². The van der Waals surface area contributed by atoms with E-state index in [4.69, 9.17) is 0 Å². The van der Waals surface area contributed by atoms with Crippen LogP contribution in [0.4, 0.5) is 11.5 Å². The number of fused-ring (bicyclic) bond motifs is 2. The van der Waals surface area contributed by atoms with Crippen LogP contribution in [0.5, 0.6) is 0 Å². The summed E-state index contributed by atoms with van der Waals surface area (Å²) in [6.07, 6.45) is 8.85. The number of nitrogens with zero attached hydrogens (tertiary/aromatic N) is 5. The molecule has 1 saturated heterocycles. The van der Waals surface area contributed by atoms with Crippen LogP contribution in [-0.2, 0) is 17.8 Å². The van der Waals surface area contributed by atoms with Crippen LogP contribution in [0.1, 0.15) is 41.8 Å². The monoisotopic (exact) mass is 486 g/mol. The highest BCUT2D eigenvalue weighted by molar-refractivity contribution is 7.18. The molecule has 1 aromatic carbocycles. The number of hydrogen-bond donors (Lipinski definition) is 1. The second-order valence-electron chi connectivity index (χ2n) is 9.67. The van der Waals surface area contributed by atoms with Crippen molar-refractivity contribution in [2.45, 2.75) is 52.5 Å². The van der Waals surface area contributed by atoms with Gasteiger partial charge in [0, 0.05) is 53.6 Å². The summed E-state index contributed by atoms with van der Waals surface area (Å²) >= 11 is 1.72. The summed E-state index contributed by atoms with van der Waals surface area (Å²) in [4.78, 5) is 31.4. The average Bonchev–Trinajstić information content (AvgIpc) is 3.45. The third-order valence-corrected chi connectivity index (χ3v) is 8.64. The van der Waals surface area contributed by atoms with Gasteiger partial charge >= 0.3 is 0 Å². The standard InChI is InChI=1S/C27H30N6OS/c1-17-18(2)35-27-23(17)25(29-16-30-27)32-13-10-20(11-14-32)26(34)31-21-8-6-19(7-9-21)24-28-15-22-5-3-4-12-33(22)24/h6-9,15-16,20H,3-5,10-14H2,1-2H3,(H,31,34). The zero-order valence-electron chi connectivity index (χ0n) is 20.3. The highest BCUT2D eigenvalue weighted by Gasteiger charge is 2.27. The van der Waals surface area contributed by atoms with Crippen molar-refractivity contribution in [3.8, 4) is 11.4 Å². The SMILES string of the molecule is Cc1sc2ncnc(N3CCC(C(=O)Nc4ccc(-c5ncc6n5CCCC6)cc4)CC3)c2c1C. The van der Waals surface area contributed by atoms with Crippen LogP contribution in [-0.4, -0.2) is 38.5 Å². The Hall–Kier alpha value is -3.26. The molecule has 180 valence electrons. The zero-order valence-corrected chi connectivity index (χ0v) is 21.1. The lowest BCUT2D eigenvalue weighted by molar-refractivity contribution is -0.120. The molecule has 0 radical (unpaired) electrons. The van der Waals surface area contributed by atoms with Gasteiger partial charge in [0.1, 0.15) is 22.8 Å². The van der Waals surface area contributed by atoms with Crippen molar-refractivity contribution in [1.29, 1.82) is 0 Å². The second kappa shape index (κ2) is 9.07. The molecule has 3 aromatic heterocycles. The number of carbonyl (C=O) groups is 1. The maximum absolute atomic E-state index is 13.0. The van der Waals surface area contributed by atoms with Crippen molar-refractivity contribution in [2.75, 3.05) is 23.3 Å². The summed E-state index contributed by atoms with van der Waals surface area (Å²) in [5, 5.41) is 4.30. The smallest absolute Gasteiger partial charge is 0.227 e. The van der Waals surface area contributed by atoms with Crippen molar-refractivity contribution in [3.05, 3.63) is 52.9 Å². The minimum Gasteiger partial charge on any atom is -0.356 e. The topological polar surface area (TPSA) is 75.9 Å². The number of thiophene rings is 1. The van der Waals surface area contributed by atoms with E-state index < -0.39 is 0 Å². The third kappa shape index (κ3) is 4.10. The van der Waals surface area contributed by atoms with Crippen LogP contribution in [0, 0.1) is 19.8 Å². The minimum absolute atomic E-state index is 0.00729. The summed E-state index contributed by atoms with van der Waals surface area (Å²) in [5.41, 5.74) is 4.52. The Balaban J connectivity index is 1.10. The first kappa shape index (κ1) is 22.2. The Morgan fingerprint density at radius 2 is 1.83 bits per heavy atom. The fraction of sp³-hybridized carbons (Fsp3) is 0.407. The number of aryl methyl sites for hydroxylation is 3. The van der Waals surface area contributed by atoms with Gasteiger partial charge in [0.2, 0.25) is 5.91 Å². The molecule has 1 fully saturated rings. The number of hydrogen-bond acceptors (Lipinski definition) is 6. The first-order chi connectivity index (χ1) is 17.1. The first-order valence-electron chi connectivity index (χ1n) is 12.5. The number of anilines is 2. The summed E-state index contributed by atoms with van der Waals surface area (Å²) in [7, 11) is 0. The molecule has 1 amide bonds. The number of aromatic nitrogens is 4. The number of benzene rings is 1. The lowest BCUT2D eigenvalue weighted by Crippen LogP contribution is -2.38. The fourth-order valence-corrected chi connectivity index (χ4v) is 6.36. The molecule has 0 spiro atoms. The molecule has 0 atom stereocenters. The van der Waals surface area contributed by atoms with E-state index in [0.29, 0.717) is 0 Å². The lowest BCUT2D eigenvalue weighted by Gasteiger charge is -2.32. The molecule has 2 aliphatic heterocycles. The molecular weight excluding hydrogens is 456 g/mol. The Kier molecular flexibility index (Phi) is 5.76. The minimum atomic E-state index is 0.00729. The van der Waals surface area contributed by atoms with Gasteiger partial charge in [-0.2, -0.15) is 0 Å². The maximum Gasteiger partial charge on any atom is 0.227 e. The zero-order chi connectivity index (χ0) is 23.9. The van der Waals surface area contributed by atoms with Gasteiger partial charge in [-0.05, 0) is 75.8 Å². The normalized spacial score (nSPS) is 16.5. The predicted molar refractivity (Wildman–Crippen MR) is 141 cm³/mol. The number of piperidine rings is 1. The Labute approximate surface area is 209 Å². The Morgan fingerprint density at radius 3 is 2.63 bits per heavy atom. The van der Waals surface area contributed by atoms with Gasteiger partial charge in [-0.1, -0.05) is 0 Å². The van der Waals surface area contributed by atoms with Gasteiger partial charge in [0.05, 0.1) is 5.39 Å². The van der Waals surface area contributed by atoms with Gasteiger partial charge in [0.25, 0.3) is 0 Å². The third-order valence-electron chi connectivity index (χ3n) is 7.52. The molecular formula is C27H30N6OS. The highest BCUT2D eigenvalue weighted by Crippen LogP contribution is 2.36. The molecule has 6 rings (SSSR count). The van der Waals surface area contributed by atoms with E-state index >= 15 is 0 Å². The van der Waals surface area contributed by atoms with Crippen LogP contribution in [0.15, 0.2) is 36.8 Å². The predicted octanol–water partition coefficient (Wildman–Crippen LogP) is 5.36. The molecule has 1 N–H and O–H groups in total. The van der Waals surface area contributed by atoms with E-state index in [-0.39, 0.29) is 11.8 Å². The highest BCUT2D eigenvalue weighted by atomic mass is 32.1.